The largest absolute Gasteiger partial charge is 0.387 e. The van der Waals surface area contributed by atoms with Gasteiger partial charge >= 0.3 is 0 Å². The lowest BCUT2D eigenvalue weighted by molar-refractivity contribution is 0.0996. The van der Waals surface area contributed by atoms with Crippen molar-refractivity contribution >= 4 is 23.4 Å². The lowest BCUT2D eigenvalue weighted by Gasteiger charge is -2.22. The topological polar surface area (TPSA) is 96.1 Å². The molecule has 0 radical (unpaired) electrons. The van der Waals surface area contributed by atoms with Crippen molar-refractivity contribution in [1.82, 2.24) is 9.97 Å². The summed E-state index contributed by atoms with van der Waals surface area (Å²) in [5.41, 5.74) is 1.64. The van der Waals surface area contributed by atoms with Gasteiger partial charge in [0, 0.05) is 12.3 Å². The highest BCUT2D eigenvalue weighted by molar-refractivity contribution is 7.98. The van der Waals surface area contributed by atoms with Crippen LogP contribution in [0.25, 0.3) is 0 Å². The second-order valence-electron chi connectivity index (χ2n) is 3.72. The summed E-state index contributed by atoms with van der Waals surface area (Å²) in [4.78, 5) is 8.07. The van der Waals surface area contributed by atoms with Crippen LogP contribution in [0, 0.1) is 0 Å². The van der Waals surface area contributed by atoms with Crippen LogP contribution in [0.1, 0.15) is 6.92 Å². The molecular formula is C9H17N5OS. The summed E-state index contributed by atoms with van der Waals surface area (Å²) in [5.74, 6) is 6.93. The molecule has 0 amide bonds. The van der Waals surface area contributed by atoms with Crippen LogP contribution in [-0.4, -0.2) is 39.2 Å². The monoisotopic (exact) mass is 243 g/mol. The van der Waals surface area contributed by atoms with Crippen molar-refractivity contribution in [3.8, 4) is 0 Å². The van der Waals surface area contributed by atoms with Gasteiger partial charge in [0.2, 0.25) is 0 Å². The molecule has 1 unspecified atom stereocenters. The number of nitrogens with one attached hydrogen (secondary N) is 2. The zero-order chi connectivity index (χ0) is 12.0. The predicted octanol–water partition coefficient (Wildman–Crippen LogP) is 0.288. The van der Waals surface area contributed by atoms with Crippen molar-refractivity contribution in [2.45, 2.75) is 12.5 Å². The number of aliphatic hydroxyl groups is 1. The van der Waals surface area contributed by atoms with E-state index >= 15 is 0 Å². The van der Waals surface area contributed by atoms with Gasteiger partial charge in [-0.25, -0.2) is 10.8 Å². The molecule has 6 nitrogen and oxygen atoms in total. The Morgan fingerprint density at radius 2 is 2.19 bits per heavy atom. The highest BCUT2D eigenvalue weighted by Crippen LogP contribution is 2.12. The number of nitrogens with zero attached hydrogens (tertiary/aromatic N) is 2. The van der Waals surface area contributed by atoms with Crippen LogP contribution in [0.3, 0.4) is 0 Å². The molecule has 0 spiro atoms. The predicted molar refractivity (Wildman–Crippen MR) is 67.3 cm³/mol. The van der Waals surface area contributed by atoms with Crippen LogP contribution < -0.4 is 16.6 Å². The van der Waals surface area contributed by atoms with Crippen molar-refractivity contribution in [1.29, 1.82) is 0 Å². The van der Waals surface area contributed by atoms with E-state index in [4.69, 9.17) is 5.84 Å². The van der Waals surface area contributed by atoms with Crippen LogP contribution in [0.4, 0.5) is 11.6 Å². The van der Waals surface area contributed by atoms with Gasteiger partial charge in [0.1, 0.15) is 5.82 Å². The molecule has 1 aromatic rings. The lowest BCUT2D eigenvalue weighted by atomic mass is 10.1. The van der Waals surface area contributed by atoms with E-state index in [0.717, 1.165) is 0 Å². The Hall–Kier alpha value is -1.05. The third kappa shape index (κ3) is 4.21. The zero-order valence-corrected chi connectivity index (χ0v) is 10.2. The van der Waals surface area contributed by atoms with Crippen molar-refractivity contribution in [3.63, 3.8) is 0 Å². The third-order valence-corrected chi connectivity index (χ3v) is 2.80. The van der Waals surface area contributed by atoms with Gasteiger partial charge in [-0.15, -0.1) is 0 Å². The molecule has 0 fully saturated rings. The minimum Gasteiger partial charge on any atom is -0.387 e. The fourth-order valence-corrected chi connectivity index (χ4v) is 1.89. The first kappa shape index (κ1) is 13.0. The number of hydrogen-bond donors (Lipinski definition) is 4. The summed E-state index contributed by atoms with van der Waals surface area (Å²) in [7, 11) is 0. The van der Waals surface area contributed by atoms with Gasteiger partial charge in [0.05, 0.1) is 18.0 Å². The van der Waals surface area contributed by atoms with Gasteiger partial charge < -0.3 is 15.8 Å². The van der Waals surface area contributed by atoms with E-state index in [1.807, 2.05) is 6.26 Å². The average Bonchev–Trinajstić information content (AvgIpc) is 2.27. The molecule has 16 heavy (non-hydrogen) atoms. The maximum Gasteiger partial charge on any atom is 0.160 e. The number of anilines is 2. The zero-order valence-electron chi connectivity index (χ0n) is 9.40. The summed E-state index contributed by atoms with van der Waals surface area (Å²) < 4.78 is 0. The Morgan fingerprint density at radius 1 is 1.50 bits per heavy atom. The standard InChI is InChI=1S/C9H17N5OS/c1-9(15,6-16-2)5-12-7-3-11-4-8(13-7)14-10/h3-4,15H,5-6,10H2,1-2H3,(H2,12,13,14). The van der Waals surface area contributed by atoms with E-state index in [0.29, 0.717) is 23.9 Å². The first-order chi connectivity index (χ1) is 7.57. The van der Waals surface area contributed by atoms with E-state index in [2.05, 4.69) is 20.7 Å². The molecule has 1 heterocycles. The fourth-order valence-electron chi connectivity index (χ4n) is 1.16. The van der Waals surface area contributed by atoms with E-state index in [1.165, 1.54) is 6.20 Å². The Kier molecular flexibility index (Phi) is 4.78. The Bertz CT molecular complexity index is 333. The number of nitrogen functional groups attached to an aromatic ring is 1. The van der Waals surface area contributed by atoms with E-state index in [1.54, 1.807) is 24.9 Å². The maximum absolute atomic E-state index is 9.93. The first-order valence-electron chi connectivity index (χ1n) is 4.81. The summed E-state index contributed by atoms with van der Waals surface area (Å²) in [6.45, 7) is 2.19. The number of hydrazine groups is 1. The minimum atomic E-state index is -0.771. The van der Waals surface area contributed by atoms with Crippen molar-refractivity contribution < 1.29 is 5.11 Å². The van der Waals surface area contributed by atoms with Gasteiger partial charge in [-0.3, -0.25) is 4.98 Å². The summed E-state index contributed by atoms with van der Waals surface area (Å²) in [6, 6.07) is 0. The molecule has 0 saturated carbocycles. The van der Waals surface area contributed by atoms with Crippen molar-refractivity contribution in [2.24, 2.45) is 5.84 Å². The molecule has 90 valence electrons. The molecule has 7 heteroatoms. The summed E-state index contributed by atoms with van der Waals surface area (Å²) >= 11 is 1.59. The fraction of sp³-hybridized carbons (Fsp3) is 0.556. The van der Waals surface area contributed by atoms with Crippen molar-refractivity contribution in [2.75, 3.05) is 29.3 Å². The van der Waals surface area contributed by atoms with Crippen LogP contribution >= 0.6 is 11.8 Å². The number of hydrogen-bond acceptors (Lipinski definition) is 7. The molecule has 0 bridgehead atoms. The number of nitrogens with two attached hydrogens (primary N) is 1. The third-order valence-electron chi connectivity index (χ3n) is 1.89. The molecule has 0 saturated heterocycles. The first-order valence-corrected chi connectivity index (χ1v) is 6.20. The molecule has 0 aliphatic rings. The molecule has 0 aliphatic carbocycles. The molecule has 1 atom stereocenters. The van der Waals surface area contributed by atoms with Gasteiger partial charge in [-0.2, -0.15) is 11.8 Å². The highest BCUT2D eigenvalue weighted by Gasteiger charge is 2.19. The van der Waals surface area contributed by atoms with Crippen LogP contribution in [0.15, 0.2) is 12.4 Å². The number of thioether (sulfide) groups is 1. The Balaban J connectivity index is 2.53. The van der Waals surface area contributed by atoms with Crippen molar-refractivity contribution in [3.05, 3.63) is 12.4 Å². The van der Waals surface area contributed by atoms with Gasteiger partial charge in [-0.05, 0) is 13.2 Å². The number of aromatic nitrogens is 2. The second kappa shape index (κ2) is 5.88. The Morgan fingerprint density at radius 3 is 2.81 bits per heavy atom. The Labute approximate surface area is 99.0 Å². The molecule has 1 rings (SSSR count). The van der Waals surface area contributed by atoms with Gasteiger partial charge in [0.25, 0.3) is 0 Å². The smallest absolute Gasteiger partial charge is 0.160 e. The highest BCUT2D eigenvalue weighted by atomic mass is 32.2. The average molecular weight is 243 g/mol. The van der Waals surface area contributed by atoms with Gasteiger partial charge in [0.15, 0.2) is 5.82 Å². The van der Waals surface area contributed by atoms with E-state index in [-0.39, 0.29) is 0 Å². The maximum atomic E-state index is 9.93. The van der Waals surface area contributed by atoms with Gasteiger partial charge in [-0.1, -0.05) is 0 Å². The van der Waals surface area contributed by atoms with Crippen LogP contribution in [0.5, 0.6) is 0 Å². The molecule has 0 aromatic carbocycles. The molecule has 1 aromatic heterocycles. The quantitative estimate of drug-likeness (QED) is 0.421. The molecular weight excluding hydrogens is 226 g/mol. The summed E-state index contributed by atoms with van der Waals surface area (Å²) in [5, 5.41) is 12.9. The van der Waals surface area contributed by atoms with Crippen LogP contribution in [0.2, 0.25) is 0 Å². The lowest BCUT2D eigenvalue weighted by Crippen LogP contribution is -2.36. The number of rotatable bonds is 6. The molecule has 0 aliphatic heterocycles. The van der Waals surface area contributed by atoms with E-state index < -0.39 is 5.60 Å². The SMILES string of the molecule is CSCC(C)(O)CNc1cncc(NN)n1. The molecule has 5 N–H and O–H groups in total. The second-order valence-corrected chi connectivity index (χ2v) is 4.58. The minimum absolute atomic E-state index is 0.413. The van der Waals surface area contributed by atoms with E-state index in [9.17, 15) is 5.11 Å². The summed E-state index contributed by atoms with van der Waals surface area (Å²) in [6.07, 6.45) is 5.05. The normalized spacial score (nSPS) is 14.2. The van der Waals surface area contributed by atoms with Crippen LogP contribution in [-0.2, 0) is 0 Å².